The van der Waals surface area contributed by atoms with E-state index >= 15 is 0 Å². The number of halogens is 3. The molecule has 0 spiro atoms. The molecule has 0 amide bonds. The zero-order valence-corrected chi connectivity index (χ0v) is 9.81. The molecule has 86 valence electrons. The summed E-state index contributed by atoms with van der Waals surface area (Å²) < 4.78 is -0.306. The van der Waals surface area contributed by atoms with E-state index in [9.17, 15) is 9.59 Å². The molecule has 0 aromatic rings. The van der Waals surface area contributed by atoms with Gasteiger partial charge in [-0.05, 0) is 12.8 Å². The first-order valence-electron chi connectivity index (χ1n) is 4.01. The van der Waals surface area contributed by atoms with Crippen LogP contribution in [0.5, 0.6) is 0 Å². The number of aliphatic carboxylic acids is 2. The van der Waals surface area contributed by atoms with Crippen molar-refractivity contribution in [2.75, 3.05) is 0 Å². The third-order valence-electron chi connectivity index (χ3n) is 1.67. The van der Waals surface area contributed by atoms with Crippen LogP contribution in [0.25, 0.3) is 0 Å². The van der Waals surface area contributed by atoms with Crippen LogP contribution in [0.4, 0.5) is 0 Å². The Morgan fingerprint density at radius 2 is 1.67 bits per heavy atom. The fourth-order valence-corrected chi connectivity index (χ4v) is 1.41. The molecular formula is C8H9Cl3O4. The topological polar surface area (TPSA) is 74.6 Å². The molecule has 0 aliphatic heterocycles. The molecule has 2 N–H and O–H groups in total. The number of carboxylic acid groups (broad SMARTS) is 2. The van der Waals surface area contributed by atoms with Gasteiger partial charge >= 0.3 is 11.9 Å². The summed E-state index contributed by atoms with van der Waals surface area (Å²) in [7, 11) is 0. The smallest absolute Gasteiger partial charge is 0.311 e. The molecule has 0 rings (SSSR count). The molecule has 1 atom stereocenters. The van der Waals surface area contributed by atoms with Crippen molar-refractivity contribution in [3.8, 4) is 0 Å². The van der Waals surface area contributed by atoms with E-state index in [4.69, 9.17) is 45.0 Å². The molecule has 0 saturated carbocycles. The second-order valence-electron chi connectivity index (χ2n) is 2.79. The van der Waals surface area contributed by atoms with Crippen molar-refractivity contribution in [3.63, 3.8) is 0 Å². The molecule has 15 heavy (non-hydrogen) atoms. The van der Waals surface area contributed by atoms with Crippen molar-refractivity contribution < 1.29 is 19.8 Å². The van der Waals surface area contributed by atoms with Crippen LogP contribution >= 0.6 is 34.8 Å². The SMILES string of the molecule is O=C(O)CCCC(C(=O)O)C(Cl)=C(Cl)Cl. The van der Waals surface area contributed by atoms with Crippen LogP contribution in [0, 0.1) is 5.92 Å². The van der Waals surface area contributed by atoms with E-state index in [1.54, 1.807) is 0 Å². The van der Waals surface area contributed by atoms with Gasteiger partial charge in [0.15, 0.2) is 0 Å². The summed E-state index contributed by atoms with van der Waals surface area (Å²) in [5, 5.41) is 17.0. The van der Waals surface area contributed by atoms with Gasteiger partial charge in [0.25, 0.3) is 0 Å². The Hall–Kier alpha value is -0.450. The molecule has 0 aromatic carbocycles. The number of hydrogen-bond acceptors (Lipinski definition) is 2. The maximum absolute atomic E-state index is 10.7. The van der Waals surface area contributed by atoms with Crippen molar-refractivity contribution in [3.05, 3.63) is 9.52 Å². The van der Waals surface area contributed by atoms with E-state index in [0.29, 0.717) is 0 Å². The molecule has 0 aliphatic carbocycles. The predicted octanol–water partition coefficient (Wildman–Crippen LogP) is 2.83. The van der Waals surface area contributed by atoms with Gasteiger partial charge in [-0.25, -0.2) is 0 Å². The predicted molar refractivity (Wildman–Crippen MR) is 57.2 cm³/mol. The molecular weight excluding hydrogens is 266 g/mol. The molecule has 1 unspecified atom stereocenters. The summed E-state index contributed by atoms with van der Waals surface area (Å²) in [6, 6.07) is 0. The molecule has 0 saturated heterocycles. The normalized spacial score (nSPS) is 11.9. The fraction of sp³-hybridized carbons (Fsp3) is 0.500. The Morgan fingerprint density at radius 3 is 2.00 bits per heavy atom. The van der Waals surface area contributed by atoms with E-state index < -0.39 is 17.9 Å². The largest absolute Gasteiger partial charge is 0.481 e. The first kappa shape index (κ1) is 14.6. The summed E-state index contributed by atoms with van der Waals surface area (Å²) in [5.41, 5.74) is 0. The van der Waals surface area contributed by atoms with Crippen LogP contribution in [-0.2, 0) is 9.59 Å². The minimum atomic E-state index is -1.18. The first-order valence-corrected chi connectivity index (χ1v) is 5.15. The molecule has 0 fully saturated rings. The zero-order chi connectivity index (χ0) is 12.0. The number of carboxylic acids is 2. The Balaban J connectivity index is 4.37. The van der Waals surface area contributed by atoms with Gasteiger partial charge in [0.1, 0.15) is 4.49 Å². The van der Waals surface area contributed by atoms with Crippen LogP contribution in [0.3, 0.4) is 0 Å². The highest BCUT2D eigenvalue weighted by molar-refractivity contribution is 6.59. The van der Waals surface area contributed by atoms with Gasteiger partial charge in [-0.15, -0.1) is 0 Å². The lowest BCUT2D eigenvalue weighted by atomic mass is 10.0. The van der Waals surface area contributed by atoms with Gasteiger partial charge in [-0.2, -0.15) is 0 Å². The summed E-state index contributed by atoms with van der Waals surface area (Å²) in [4.78, 5) is 20.9. The van der Waals surface area contributed by atoms with Crippen molar-refractivity contribution in [1.29, 1.82) is 0 Å². The Labute approximate surface area is 101 Å². The van der Waals surface area contributed by atoms with Crippen LogP contribution in [0.2, 0.25) is 0 Å². The minimum Gasteiger partial charge on any atom is -0.481 e. The quantitative estimate of drug-likeness (QED) is 0.781. The van der Waals surface area contributed by atoms with Crippen LogP contribution in [0.1, 0.15) is 19.3 Å². The molecule has 4 nitrogen and oxygen atoms in total. The van der Waals surface area contributed by atoms with E-state index in [1.807, 2.05) is 0 Å². The minimum absolute atomic E-state index is 0.0867. The molecule has 0 heterocycles. The van der Waals surface area contributed by atoms with Crippen LogP contribution in [0.15, 0.2) is 9.52 Å². The number of hydrogen-bond donors (Lipinski definition) is 2. The highest BCUT2D eigenvalue weighted by atomic mass is 35.5. The van der Waals surface area contributed by atoms with Crippen molar-refractivity contribution in [2.45, 2.75) is 19.3 Å². The summed E-state index contributed by atoms with van der Waals surface area (Å²) in [5.74, 6) is -3.21. The van der Waals surface area contributed by atoms with Crippen molar-refractivity contribution >= 4 is 46.7 Å². The highest BCUT2D eigenvalue weighted by Crippen LogP contribution is 2.29. The Morgan fingerprint density at radius 1 is 1.13 bits per heavy atom. The number of rotatable bonds is 6. The van der Waals surface area contributed by atoms with E-state index in [0.717, 1.165) is 0 Å². The van der Waals surface area contributed by atoms with Gasteiger partial charge in [0.2, 0.25) is 0 Å². The Kier molecular flexibility index (Phi) is 6.72. The second-order valence-corrected chi connectivity index (χ2v) is 4.14. The Bertz CT molecular complexity index is 284. The molecule has 7 heteroatoms. The third-order valence-corrected chi connectivity index (χ3v) is 2.72. The second kappa shape index (κ2) is 6.93. The standard InChI is InChI=1S/C8H9Cl3O4/c9-6(7(10)11)4(8(14)15)2-1-3-5(12)13/h4H,1-3H2,(H,12,13)(H,14,15). The van der Waals surface area contributed by atoms with Crippen LogP contribution in [-0.4, -0.2) is 22.2 Å². The maximum atomic E-state index is 10.7. The lowest BCUT2D eigenvalue weighted by Gasteiger charge is -2.10. The molecule has 0 bridgehead atoms. The van der Waals surface area contributed by atoms with E-state index in [2.05, 4.69) is 0 Å². The summed E-state index contributed by atoms with van der Waals surface area (Å²) >= 11 is 16.3. The van der Waals surface area contributed by atoms with Gasteiger partial charge in [0.05, 0.1) is 11.0 Å². The monoisotopic (exact) mass is 274 g/mol. The van der Waals surface area contributed by atoms with E-state index in [-0.39, 0.29) is 28.8 Å². The fourth-order valence-electron chi connectivity index (χ4n) is 0.948. The summed E-state index contributed by atoms with van der Waals surface area (Å²) in [6.07, 6.45) is 0.167. The lowest BCUT2D eigenvalue weighted by molar-refractivity contribution is -0.141. The molecule has 0 aromatic heterocycles. The molecule has 0 aliphatic rings. The average molecular weight is 276 g/mol. The first-order chi connectivity index (χ1) is 6.86. The maximum Gasteiger partial charge on any atom is 0.311 e. The van der Waals surface area contributed by atoms with Gasteiger partial charge in [0, 0.05) is 6.42 Å². The van der Waals surface area contributed by atoms with E-state index in [1.165, 1.54) is 0 Å². The van der Waals surface area contributed by atoms with Gasteiger partial charge in [-0.1, -0.05) is 34.8 Å². The summed E-state index contributed by atoms with van der Waals surface area (Å²) in [6.45, 7) is 0. The highest BCUT2D eigenvalue weighted by Gasteiger charge is 2.23. The van der Waals surface area contributed by atoms with Crippen molar-refractivity contribution in [1.82, 2.24) is 0 Å². The van der Waals surface area contributed by atoms with Crippen LogP contribution < -0.4 is 0 Å². The van der Waals surface area contributed by atoms with Gasteiger partial charge < -0.3 is 10.2 Å². The van der Waals surface area contributed by atoms with Crippen molar-refractivity contribution in [2.24, 2.45) is 5.92 Å². The zero-order valence-electron chi connectivity index (χ0n) is 7.54. The number of carbonyl (C=O) groups is 2. The molecule has 0 radical (unpaired) electrons. The third kappa shape index (κ3) is 5.87. The average Bonchev–Trinajstić information content (AvgIpc) is 2.10. The lowest BCUT2D eigenvalue weighted by Crippen LogP contribution is -2.14. The van der Waals surface area contributed by atoms with Gasteiger partial charge in [-0.3, -0.25) is 9.59 Å².